The van der Waals surface area contributed by atoms with Crippen molar-refractivity contribution in [3.63, 3.8) is 0 Å². The lowest BCUT2D eigenvalue weighted by Crippen LogP contribution is -2.13. The average molecular weight is 270 g/mol. The highest BCUT2D eigenvalue weighted by Crippen LogP contribution is 2.34. The van der Waals surface area contributed by atoms with Gasteiger partial charge in [0.15, 0.2) is 0 Å². The van der Waals surface area contributed by atoms with E-state index < -0.39 is 11.7 Å². The minimum absolute atomic E-state index is 0.0469. The van der Waals surface area contributed by atoms with Crippen LogP contribution in [0.4, 0.5) is 4.39 Å². The highest BCUT2D eigenvalue weighted by atomic mass is 19.1. The fraction of sp³-hybridized carbons (Fsp3) is 0.250. The number of benzene rings is 1. The summed E-state index contributed by atoms with van der Waals surface area (Å²) in [4.78, 5) is 4.05. The molecular weight excluding hydrogens is 255 g/mol. The topological polar surface area (TPSA) is 56.9 Å². The number of rotatable bonds is 5. The van der Waals surface area contributed by atoms with Gasteiger partial charge < -0.3 is 5.11 Å². The Balaban J connectivity index is 2.36. The van der Waals surface area contributed by atoms with Gasteiger partial charge in [-0.1, -0.05) is 30.3 Å². The molecule has 0 fully saturated rings. The molecule has 0 radical (unpaired) electrons. The molecule has 0 unspecified atom stereocenters. The van der Waals surface area contributed by atoms with Crippen molar-refractivity contribution in [3.05, 3.63) is 65.7 Å². The molecule has 102 valence electrons. The molecule has 1 aromatic heterocycles. The maximum Gasteiger partial charge on any atom is 0.141 e. The van der Waals surface area contributed by atoms with Gasteiger partial charge in [0.05, 0.1) is 18.2 Å². The summed E-state index contributed by atoms with van der Waals surface area (Å²) in [5, 5.41) is 18.7. The Morgan fingerprint density at radius 2 is 1.95 bits per heavy atom. The minimum atomic E-state index is -0.415. The van der Waals surface area contributed by atoms with Crippen molar-refractivity contribution in [2.75, 3.05) is 6.61 Å². The van der Waals surface area contributed by atoms with E-state index in [0.29, 0.717) is 12.1 Å². The molecule has 0 aliphatic rings. The number of nitriles is 1. The Morgan fingerprint density at radius 3 is 2.50 bits per heavy atom. The van der Waals surface area contributed by atoms with Crippen molar-refractivity contribution in [1.82, 2.24) is 4.98 Å². The second-order valence-electron chi connectivity index (χ2n) is 4.54. The van der Waals surface area contributed by atoms with Gasteiger partial charge in [0, 0.05) is 18.2 Å². The molecule has 2 aromatic rings. The minimum Gasteiger partial charge on any atom is -0.396 e. The van der Waals surface area contributed by atoms with Crippen LogP contribution in [0.1, 0.15) is 29.5 Å². The quantitative estimate of drug-likeness (QED) is 0.908. The summed E-state index contributed by atoms with van der Waals surface area (Å²) < 4.78 is 13.0. The fourth-order valence-electron chi connectivity index (χ4n) is 2.29. The summed E-state index contributed by atoms with van der Waals surface area (Å²) in [5.41, 5.74) is 1.50. The van der Waals surface area contributed by atoms with E-state index in [0.717, 1.165) is 11.8 Å². The fourth-order valence-corrected chi connectivity index (χ4v) is 2.29. The maximum absolute atomic E-state index is 13.0. The summed E-state index contributed by atoms with van der Waals surface area (Å²) >= 11 is 0. The number of hydrogen-bond donors (Lipinski definition) is 1. The lowest BCUT2D eigenvalue weighted by molar-refractivity contribution is 0.271. The lowest BCUT2D eigenvalue weighted by Gasteiger charge is -2.21. The van der Waals surface area contributed by atoms with Crippen LogP contribution in [0.2, 0.25) is 0 Å². The third-order valence-electron chi connectivity index (χ3n) is 3.27. The van der Waals surface area contributed by atoms with Crippen LogP contribution in [0.15, 0.2) is 48.7 Å². The number of aromatic nitrogens is 1. The van der Waals surface area contributed by atoms with Crippen molar-refractivity contribution in [3.8, 4) is 6.07 Å². The first kappa shape index (κ1) is 14.2. The Kier molecular flexibility index (Phi) is 4.80. The zero-order chi connectivity index (χ0) is 14.4. The second-order valence-corrected chi connectivity index (χ2v) is 4.54. The van der Waals surface area contributed by atoms with Crippen LogP contribution in [0.3, 0.4) is 0 Å². The van der Waals surface area contributed by atoms with E-state index in [9.17, 15) is 14.8 Å². The molecule has 20 heavy (non-hydrogen) atoms. The highest BCUT2D eigenvalue weighted by molar-refractivity contribution is 5.30. The molecule has 0 bridgehead atoms. The normalized spacial score (nSPS) is 13.4. The number of halogens is 1. The maximum atomic E-state index is 13.0. The Labute approximate surface area is 117 Å². The second kappa shape index (κ2) is 6.78. The van der Waals surface area contributed by atoms with Crippen molar-refractivity contribution in [2.45, 2.75) is 18.3 Å². The van der Waals surface area contributed by atoms with E-state index in [1.165, 1.54) is 6.07 Å². The highest BCUT2D eigenvalue weighted by Gasteiger charge is 2.25. The third-order valence-corrected chi connectivity index (χ3v) is 3.27. The van der Waals surface area contributed by atoms with Crippen LogP contribution in [0.5, 0.6) is 0 Å². The van der Waals surface area contributed by atoms with Crippen LogP contribution in [0.25, 0.3) is 0 Å². The molecule has 0 saturated carbocycles. The van der Waals surface area contributed by atoms with Crippen molar-refractivity contribution in [1.29, 1.82) is 5.26 Å². The van der Waals surface area contributed by atoms with Gasteiger partial charge in [-0.25, -0.2) is 4.39 Å². The monoisotopic (exact) mass is 270 g/mol. The lowest BCUT2D eigenvalue weighted by atomic mass is 9.82. The van der Waals surface area contributed by atoms with Crippen molar-refractivity contribution in [2.24, 2.45) is 0 Å². The molecule has 3 nitrogen and oxygen atoms in total. The van der Waals surface area contributed by atoms with Crippen LogP contribution in [-0.2, 0) is 0 Å². The van der Waals surface area contributed by atoms with Crippen molar-refractivity contribution >= 4 is 0 Å². The summed E-state index contributed by atoms with van der Waals surface area (Å²) in [6.45, 7) is -0.0469. The molecule has 1 N–H and O–H groups in total. The Bertz CT molecular complexity index is 578. The van der Waals surface area contributed by atoms with Gasteiger partial charge >= 0.3 is 0 Å². The molecule has 2 rings (SSSR count). The first-order chi connectivity index (χ1) is 9.76. The van der Waals surface area contributed by atoms with Gasteiger partial charge in [-0.3, -0.25) is 4.98 Å². The first-order valence-electron chi connectivity index (χ1n) is 6.43. The van der Waals surface area contributed by atoms with Gasteiger partial charge in [0.2, 0.25) is 0 Å². The standard InChI is InChI=1S/C16H15FN2O/c17-13-6-7-16(19-11-13)14(8-9-20)15(10-18)12-4-2-1-3-5-12/h1-7,11,14-15,20H,8-9H2/t14-,15-/m0/s1. The number of aliphatic hydroxyl groups is 1. The molecule has 0 aliphatic carbocycles. The van der Waals surface area contributed by atoms with Gasteiger partial charge in [-0.15, -0.1) is 0 Å². The molecule has 1 heterocycles. The van der Waals surface area contributed by atoms with E-state index in [2.05, 4.69) is 11.1 Å². The zero-order valence-corrected chi connectivity index (χ0v) is 10.9. The molecule has 0 aliphatic heterocycles. The summed E-state index contributed by atoms with van der Waals surface area (Å²) in [5.74, 6) is -1.08. The van der Waals surface area contributed by atoms with Gasteiger partial charge in [0.1, 0.15) is 5.82 Å². The van der Waals surface area contributed by atoms with E-state index in [-0.39, 0.29) is 12.5 Å². The third kappa shape index (κ3) is 3.19. The number of aliphatic hydroxyl groups excluding tert-OH is 1. The zero-order valence-electron chi connectivity index (χ0n) is 10.9. The molecule has 2 atom stereocenters. The van der Waals surface area contributed by atoms with E-state index in [4.69, 9.17) is 0 Å². The van der Waals surface area contributed by atoms with Crippen LogP contribution in [0, 0.1) is 17.1 Å². The van der Waals surface area contributed by atoms with Gasteiger partial charge in [0.25, 0.3) is 0 Å². The van der Waals surface area contributed by atoms with Crippen molar-refractivity contribution < 1.29 is 9.50 Å². The Hall–Kier alpha value is -2.25. The molecule has 0 saturated heterocycles. The number of nitrogens with zero attached hydrogens (tertiary/aromatic N) is 2. The van der Waals surface area contributed by atoms with Crippen LogP contribution in [-0.4, -0.2) is 16.7 Å². The smallest absolute Gasteiger partial charge is 0.141 e. The van der Waals surface area contributed by atoms with E-state index in [1.54, 1.807) is 6.07 Å². The van der Waals surface area contributed by atoms with Crippen LogP contribution < -0.4 is 0 Å². The summed E-state index contributed by atoms with van der Waals surface area (Å²) in [6, 6.07) is 14.5. The van der Waals surface area contributed by atoms with Crippen LogP contribution >= 0.6 is 0 Å². The first-order valence-corrected chi connectivity index (χ1v) is 6.43. The average Bonchev–Trinajstić information content (AvgIpc) is 2.49. The SMILES string of the molecule is N#C[C@@H](c1ccccc1)[C@H](CCO)c1ccc(F)cn1. The predicted octanol–water partition coefficient (Wildman–Crippen LogP) is 2.99. The molecule has 4 heteroatoms. The van der Waals surface area contributed by atoms with Gasteiger partial charge in [-0.05, 0) is 24.1 Å². The molecular formula is C16H15FN2O. The van der Waals surface area contributed by atoms with Gasteiger partial charge in [-0.2, -0.15) is 5.26 Å². The van der Waals surface area contributed by atoms with E-state index in [1.807, 2.05) is 30.3 Å². The Morgan fingerprint density at radius 1 is 1.20 bits per heavy atom. The largest absolute Gasteiger partial charge is 0.396 e. The number of pyridine rings is 1. The van der Waals surface area contributed by atoms with E-state index >= 15 is 0 Å². The number of hydrogen-bond acceptors (Lipinski definition) is 3. The molecule has 0 amide bonds. The summed E-state index contributed by atoms with van der Waals surface area (Å²) in [7, 11) is 0. The molecule has 0 spiro atoms. The molecule has 1 aromatic carbocycles. The summed E-state index contributed by atoms with van der Waals surface area (Å²) in [6.07, 6.45) is 1.55. The predicted molar refractivity (Wildman–Crippen MR) is 73.4 cm³/mol.